The van der Waals surface area contributed by atoms with E-state index in [2.05, 4.69) is 11.8 Å². The molecule has 1 aromatic heterocycles. The van der Waals surface area contributed by atoms with E-state index in [4.69, 9.17) is 0 Å². The summed E-state index contributed by atoms with van der Waals surface area (Å²) in [5, 5.41) is 0.547. The molecule has 0 spiro atoms. The van der Waals surface area contributed by atoms with Gasteiger partial charge >= 0.3 is 0 Å². The Bertz CT molecular complexity index is 1160. The highest BCUT2D eigenvalue weighted by Crippen LogP contribution is 2.30. The van der Waals surface area contributed by atoms with Gasteiger partial charge in [0.25, 0.3) is 0 Å². The van der Waals surface area contributed by atoms with Crippen molar-refractivity contribution in [1.82, 2.24) is 14.4 Å². The van der Waals surface area contributed by atoms with Gasteiger partial charge in [-0.15, -0.1) is 0 Å². The zero-order valence-corrected chi connectivity index (χ0v) is 17.6. The standard InChI is InChI=1S/C22H24FN3O3S/c1-2-24-11-13-25(14-12-24)22(27)16-26-15-21(19-5-3-4-6-20(19)26)30(28,29)18-9-7-17(23)8-10-18/h3-10,15H,2,11-14,16H2,1H3. The van der Waals surface area contributed by atoms with Gasteiger partial charge in [-0.05, 0) is 36.9 Å². The van der Waals surface area contributed by atoms with E-state index < -0.39 is 15.7 Å². The molecular weight excluding hydrogens is 405 g/mol. The summed E-state index contributed by atoms with van der Waals surface area (Å²) in [6, 6.07) is 11.9. The number of para-hydroxylation sites is 1. The minimum Gasteiger partial charge on any atom is -0.339 e. The van der Waals surface area contributed by atoms with Gasteiger partial charge in [0.05, 0.1) is 9.79 Å². The molecule has 1 saturated heterocycles. The van der Waals surface area contributed by atoms with Gasteiger partial charge in [0, 0.05) is 43.3 Å². The molecule has 2 heterocycles. The number of fused-ring (bicyclic) bond motifs is 1. The van der Waals surface area contributed by atoms with Gasteiger partial charge in [-0.2, -0.15) is 0 Å². The summed E-state index contributed by atoms with van der Waals surface area (Å²) in [5.74, 6) is -0.526. The number of benzene rings is 2. The molecule has 8 heteroatoms. The first kappa shape index (κ1) is 20.6. The Labute approximate surface area is 175 Å². The molecule has 1 aliphatic rings. The lowest BCUT2D eigenvalue weighted by atomic mass is 10.2. The predicted molar refractivity (Wildman–Crippen MR) is 112 cm³/mol. The Hall–Kier alpha value is -2.71. The summed E-state index contributed by atoms with van der Waals surface area (Å²) in [6.07, 6.45) is 1.52. The number of piperazine rings is 1. The number of nitrogens with zero attached hydrogens (tertiary/aromatic N) is 3. The van der Waals surface area contributed by atoms with Crippen LogP contribution in [0.5, 0.6) is 0 Å². The zero-order chi connectivity index (χ0) is 21.3. The lowest BCUT2D eigenvalue weighted by molar-refractivity contribution is -0.133. The molecule has 2 aromatic carbocycles. The number of hydrogen-bond acceptors (Lipinski definition) is 4. The number of likely N-dealkylation sites (N-methyl/N-ethyl adjacent to an activating group) is 1. The van der Waals surface area contributed by atoms with Crippen LogP contribution in [0.2, 0.25) is 0 Å². The van der Waals surface area contributed by atoms with Crippen molar-refractivity contribution in [2.45, 2.75) is 23.3 Å². The van der Waals surface area contributed by atoms with E-state index in [0.29, 0.717) is 24.0 Å². The number of hydrogen-bond donors (Lipinski definition) is 0. The number of carbonyl (C=O) groups excluding carboxylic acids is 1. The molecule has 0 N–H and O–H groups in total. The van der Waals surface area contributed by atoms with Crippen LogP contribution >= 0.6 is 0 Å². The van der Waals surface area contributed by atoms with E-state index in [1.807, 2.05) is 11.0 Å². The van der Waals surface area contributed by atoms with E-state index in [1.165, 1.54) is 18.3 Å². The van der Waals surface area contributed by atoms with Crippen LogP contribution < -0.4 is 0 Å². The average molecular weight is 430 g/mol. The van der Waals surface area contributed by atoms with Gasteiger partial charge in [0.2, 0.25) is 15.7 Å². The van der Waals surface area contributed by atoms with Crippen molar-refractivity contribution < 1.29 is 17.6 Å². The second kappa shape index (κ2) is 8.20. The third kappa shape index (κ3) is 3.85. The molecule has 0 radical (unpaired) electrons. The van der Waals surface area contributed by atoms with Crippen molar-refractivity contribution in [3.8, 4) is 0 Å². The number of amides is 1. The fourth-order valence-corrected chi connectivity index (χ4v) is 5.33. The van der Waals surface area contributed by atoms with Crippen LogP contribution in [0.1, 0.15) is 6.92 Å². The Morgan fingerprint density at radius 3 is 2.33 bits per heavy atom. The maximum atomic E-state index is 13.3. The Balaban J connectivity index is 1.66. The topological polar surface area (TPSA) is 62.6 Å². The first-order chi connectivity index (χ1) is 14.4. The number of carbonyl (C=O) groups is 1. The normalized spacial score (nSPS) is 15.6. The smallest absolute Gasteiger partial charge is 0.242 e. The molecule has 0 saturated carbocycles. The SMILES string of the molecule is CCN1CCN(C(=O)Cn2cc(S(=O)(=O)c3ccc(F)cc3)c3ccccc32)CC1. The molecule has 30 heavy (non-hydrogen) atoms. The van der Waals surface area contributed by atoms with E-state index in [1.54, 1.807) is 22.8 Å². The second-order valence-corrected chi connectivity index (χ2v) is 9.33. The molecule has 0 bridgehead atoms. The first-order valence-electron chi connectivity index (χ1n) is 9.99. The van der Waals surface area contributed by atoms with Gasteiger partial charge in [-0.3, -0.25) is 4.79 Å². The molecule has 1 aliphatic heterocycles. The van der Waals surface area contributed by atoms with E-state index in [-0.39, 0.29) is 22.2 Å². The van der Waals surface area contributed by atoms with Crippen molar-refractivity contribution in [3.05, 3.63) is 60.5 Å². The molecule has 0 atom stereocenters. The number of halogens is 1. The maximum Gasteiger partial charge on any atom is 0.242 e. The minimum absolute atomic E-state index is 0.0221. The number of sulfone groups is 1. The largest absolute Gasteiger partial charge is 0.339 e. The van der Waals surface area contributed by atoms with Crippen molar-refractivity contribution >= 4 is 26.6 Å². The van der Waals surface area contributed by atoms with Gasteiger partial charge < -0.3 is 14.4 Å². The molecule has 3 aromatic rings. The van der Waals surface area contributed by atoms with E-state index >= 15 is 0 Å². The molecule has 0 aliphatic carbocycles. The molecular formula is C22H24FN3O3S. The average Bonchev–Trinajstić information content (AvgIpc) is 3.13. The third-order valence-corrected chi connectivity index (χ3v) is 7.44. The van der Waals surface area contributed by atoms with Crippen LogP contribution in [-0.2, 0) is 21.2 Å². The van der Waals surface area contributed by atoms with E-state index in [9.17, 15) is 17.6 Å². The molecule has 4 rings (SSSR count). The van der Waals surface area contributed by atoms with Gasteiger partial charge in [0.15, 0.2) is 0 Å². The maximum absolute atomic E-state index is 13.3. The molecule has 158 valence electrons. The summed E-state index contributed by atoms with van der Waals surface area (Å²) in [7, 11) is -3.85. The Kier molecular flexibility index (Phi) is 5.62. The monoisotopic (exact) mass is 429 g/mol. The van der Waals surface area contributed by atoms with Gasteiger partial charge in [-0.1, -0.05) is 25.1 Å². The minimum atomic E-state index is -3.85. The quantitative estimate of drug-likeness (QED) is 0.585. The predicted octanol–water partition coefficient (Wildman–Crippen LogP) is 2.78. The highest BCUT2D eigenvalue weighted by molar-refractivity contribution is 7.91. The molecule has 1 amide bonds. The lowest BCUT2D eigenvalue weighted by Crippen LogP contribution is -2.49. The zero-order valence-electron chi connectivity index (χ0n) is 16.8. The van der Waals surface area contributed by atoms with Crippen LogP contribution in [-0.4, -0.2) is 61.4 Å². The van der Waals surface area contributed by atoms with Crippen LogP contribution in [0.25, 0.3) is 10.9 Å². The van der Waals surface area contributed by atoms with E-state index in [0.717, 1.165) is 31.8 Å². The first-order valence-corrected chi connectivity index (χ1v) is 11.5. The summed E-state index contributed by atoms with van der Waals surface area (Å²) in [5.41, 5.74) is 0.679. The van der Waals surface area contributed by atoms with Crippen LogP contribution in [0.3, 0.4) is 0 Å². The summed E-state index contributed by atoms with van der Waals surface area (Å²) >= 11 is 0. The van der Waals surface area contributed by atoms with Crippen molar-refractivity contribution in [3.63, 3.8) is 0 Å². The van der Waals surface area contributed by atoms with Crippen molar-refractivity contribution in [2.24, 2.45) is 0 Å². The molecule has 0 unspecified atom stereocenters. The second-order valence-electron chi connectivity index (χ2n) is 7.41. The fraction of sp³-hybridized carbons (Fsp3) is 0.318. The summed E-state index contributed by atoms with van der Waals surface area (Å²) in [6.45, 7) is 6.18. The van der Waals surface area contributed by atoms with Crippen LogP contribution in [0.15, 0.2) is 64.5 Å². The fourth-order valence-electron chi connectivity index (χ4n) is 3.86. The van der Waals surface area contributed by atoms with Crippen LogP contribution in [0, 0.1) is 5.82 Å². The summed E-state index contributed by atoms with van der Waals surface area (Å²) < 4.78 is 41.3. The van der Waals surface area contributed by atoms with Gasteiger partial charge in [0.1, 0.15) is 12.4 Å². The highest BCUT2D eigenvalue weighted by Gasteiger charge is 2.25. The summed E-state index contributed by atoms with van der Waals surface area (Å²) in [4.78, 5) is 17.1. The van der Waals surface area contributed by atoms with Crippen LogP contribution in [0.4, 0.5) is 4.39 Å². The molecule has 6 nitrogen and oxygen atoms in total. The number of aromatic nitrogens is 1. The highest BCUT2D eigenvalue weighted by atomic mass is 32.2. The Morgan fingerprint density at radius 2 is 1.67 bits per heavy atom. The third-order valence-electron chi connectivity index (χ3n) is 5.64. The Morgan fingerprint density at radius 1 is 1.00 bits per heavy atom. The lowest BCUT2D eigenvalue weighted by Gasteiger charge is -2.34. The van der Waals surface area contributed by atoms with Crippen molar-refractivity contribution in [1.29, 1.82) is 0 Å². The molecule has 1 fully saturated rings. The number of rotatable bonds is 5. The van der Waals surface area contributed by atoms with Gasteiger partial charge in [-0.25, -0.2) is 12.8 Å². The van der Waals surface area contributed by atoms with Crippen molar-refractivity contribution in [2.75, 3.05) is 32.7 Å².